The first-order chi connectivity index (χ1) is 16.3. The molecule has 0 aliphatic heterocycles. The summed E-state index contributed by atoms with van der Waals surface area (Å²) in [6, 6.07) is 14.5. The number of nitrogens with one attached hydrogen (secondary N) is 1. The van der Waals surface area contributed by atoms with Crippen molar-refractivity contribution in [3.8, 4) is 23.2 Å². The van der Waals surface area contributed by atoms with Crippen LogP contribution in [-0.2, 0) is 10.0 Å². The molecule has 10 heteroatoms. The SMILES string of the molecule is CCOc1ccc(S(=O)(=O)Nc2ccc(Oc3cc(-n4nc(C)c(C)c4C)ncn3)cc2)cc1. The Morgan fingerprint density at radius 1 is 0.941 bits per heavy atom. The van der Waals surface area contributed by atoms with Gasteiger partial charge in [0.1, 0.15) is 17.8 Å². The monoisotopic (exact) mass is 479 g/mol. The smallest absolute Gasteiger partial charge is 0.261 e. The third-order valence-electron chi connectivity index (χ3n) is 5.27. The van der Waals surface area contributed by atoms with Gasteiger partial charge in [0.15, 0.2) is 5.82 Å². The first-order valence-corrected chi connectivity index (χ1v) is 12.1. The van der Waals surface area contributed by atoms with Crippen LogP contribution in [-0.4, -0.2) is 34.8 Å². The van der Waals surface area contributed by atoms with Crippen LogP contribution in [0.3, 0.4) is 0 Å². The van der Waals surface area contributed by atoms with Gasteiger partial charge in [-0.3, -0.25) is 4.72 Å². The highest BCUT2D eigenvalue weighted by atomic mass is 32.2. The Bertz CT molecular complexity index is 1400. The average Bonchev–Trinajstić information content (AvgIpc) is 3.08. The van der Waals surface area contributed by atoms with E-state index in [1.54, 1.807) is 47.1 Å². The van der Waals surface area contributed by atoms with Gasteiger partial charge in [-0.15, -0.1) is 0 Å². The number of nitrogens with zero attached hydrogens (tertiary/aromatic N) is 4. The third-order valence-corrected chi connectivity index (χ3v) is 6.67. The molecule has 34 heavy (non-hydrogen) atoms. The summed E-state index contributed by atoms with van der Waals surface area (Å²) in [5, 5.41) is 4.51. The Hall–Kier alpha value is -3.92. The Kier molecular flexibility index (Phi) is 6.51. The zero-order chi connectivity index (χ0) is 24.3. The molecular formula is C24H25N5O4S. The Morgan fingerprint density at radius 3 is 2.24 bits per heavy atom. The molecule has 4 rings (SSSR count). The van der Waals surface area contributed by atoms with E-state index in [-0.39, 0.29) is 4.90 Å². The van der Waals surface area contributed by atoms with Gasteiger partial charge in [-0.1, -0.05) is 0 Å². The van der Waals surface area contributed by atoms with Gasteiger partial charge < -0.3 is 9.47 Å². The van der Waals surface area contributed by atoms with Gasteiger partial charge in [-0.2, -0.15) is 5.10 Å². The predicted molar refractivity (Wildman–Crippen MR) is 128 cm³/mol. The van der Waals surface area contributed by atoms with Gasteiger partial charge >= 0.3 is 0 Å². The number of anilines is 1. The van der Waals surface area contributed by atoms with Crippen molar-refractivity contribution < 1.29 is 17.9 Å². The zero-order valence-corrected chi connectivity index (χ0v) is 20.1. The van der Waals surface area contributed by atoms with Crippen molar-refractivity contribution >= 4 is 15.7 Å². The summed E-state index contributed by atoms with van der Waals surface area (Å²) in [4.78, 5) is 8.60. The van der Waals surface area contributed by atoms with E-state index in [4.69, 9.17) is 9.47 Å². The standard InChI is InChI=1S/C24H25N5O4S/c1-5-32-20-10-12-22(13-11-20)34(30,31)28-19-6-8-21(9-7-19)33-24-14-23(25-15-26-24)29-18(4)16(2)17(3)27-29/h6-15,28H,5H2,1-4H3. The maximum absolute atomic E-state index is 12.7. The number of hydrogen-bond donors (Lipinski definition) is 1. The quantitative estimate of drug-likeness (QED) is 0.394. The summed E-state index contributed by atoms with van der Waals surface area (Å²) < 4.78 is 40.8. The van der Waals surface area contributed by atoms with Gasteiger partial charge in [0.05, 0.1) is 17.2 Å². The van der Waals surface area contributed by atoms with Gasteiger partial charge in [-0.05, 0) is 81.8 Å². The molecule has 0 fully saturated rings. The second-order valence-electron chi connectivity index (χ2n) is 7.56. The van der Waals surface area contributed by atoms with Gasteiger partial charge in [-0.25, -0.2) is 23.1 Å². The highest BCUT2D eigenvalue weighted by molar-refractivity contribution is 7.92. The second kappa shape index (κ2) is 9.52. The molecule has 176 valence electrons. The van der Waals surface area contributed by atoms with Crippen LogP contribution in [0.4, 0.5) is 5.69 Å². The van der Waals surface area contributed by atoms with E-state index in [0.717, 1.165) is 17.0 Å². The van der Waals surface area contributed by atoms with Crippen LogP contribution >= 0.6 is 0 Å². The summed E-state index contributed by atoms with van der Waals surface area (Å²) in [6.45, 7) is 8.31. The molecule has 0 saturated heterocycles. The van der Waals surface area contributed by atoms with E-state index in [0.29, 0.717) is 35.5 Å². The third kappa shape index (κ3) is 5.01. The Balaban J connectivity index is 1.46. The minimum Gasteiger partial charge on any atom is -0.494 e. The summed E-state index contributed by atoms with van der Waals surface area (Å²) in [5.41, 5.74) is 3.43. The number of aromatic nitrogens is 4. The van der Waals surface area contributed by atoms with Crippen molar-refractivity contribution in [2.75, 3.05) is 11.3 Å². The van der Waals surface area contributed by atoms with Gasteiger partial charge in [0, 0.05) is 17.4 Å². The molecule has 9 nitrogen and oxygen atoms in total. The van der Waals surface area contributed by atoms with Crippen LogP contribution in [0.1, 0.15) is 23.9 Å². The fraction of sp³-hybridized carbons (Fsp3) is 0.208. The number of aryl methyl sites for hydroxylation is 1. The molecule has 0 saturated carbocycles. The largest absolute Gasteiger partial charge is 0.494 e. The highest BCUT2D eigenvalue weighted by Crippen LogP contribution is 2.25. The maximum atomic E-state index is 12.7. The first-order valence-electron chi connectivity index (χ1n) is 10.7. The lowest BCUT2D eigenvalue weighted by atomic mass is 10.2. The zero-order valence-electron chi connectivity index (χ0n) is 19.3. The van der Waals surface area contributed by atoms with Crippen LogP contribution in [0, 0.1) is 20.8 Å². The van der Waals surface area contributed by atoms with Crippen molar-refractivity contribution in [2.24, 2.45) is 0 Å². The lowest BCUT2D eigenvalue weighted by Crippen LogP contribution is -2.12. The van der Waals surface area contributed by atoms with Crippen LogP contribution < -0.4 is 14.2 Å². The van der Waals surface area contributed by atoms with Gasteiger partial charge in [0.2, 0.25) is 5.88 Å². The molecule has 0 unspecified atom stereocenters. The second-order valence-corrected chi connectivity index (χ2v) is 9.24. The van der Waals surface area contributed by atoms with Crippen LogP contribution in [0.2, 0.25) is 0 Å². The Morgan fingerprint density at radius 2 is 1.62 bits per heavy atom. The Labute approximate surface area is 198 Å². The minimum absolute atomic E-state index is 0.143. The van der Waals surface area contributed by atoms with Crippen molar-refractivity contribution in [3.05, 3.63) is 77.9 Å². The van der Waals surface area contributed by atoms with E-state index in [2.05, 4.69) is 19.8 Å². The number of sulfonamides is 1. The molecule has 0 aliphatic carbocycles. The number of rotatable bonds is 8. The van der Waals surface area contributed by atoms with Crippen molar-refractivity contribution in [1.29, 1.82) is 0 Å². The molecule has 0 radical (unpaired) electrons. The number of hydrogen-bond acceptors (Lipinski definition) is 7. The van der Waals surface area contributed by atoms with Crippen LogP contribution in [0.15, 0.2) is 65.8 Å². The predicted octanol–water partition coefficient (Wildman–Crippen LogP) is 4.58. The van der Waals surface area contributed by atoms with Crippen LogP contribution in [0.5, 0.6) is 17.4 Å². The topological polar surface area (TPSA) is 108 Å². The fourth-order valence-corrected chi connectivity index (χ4v) is 4.31. The van der Waals surface area contributed by atoms with Crippen molar-refractivity contribution in [2.45, 2.75) is 32.6 Å². The summed E-state index contributed by atoms with van der Waals surface area (Å²) in [6.07, 6.45) is 1.41. The highest BCUT2D eigenvalue weighted by Gasteiger charge is 2.15. The number of ether oxygens (including phenoxy) is 2. The summed E-state index contributed by atoms with van der Waals surface area (Å²) in [5.74, 6) is 2.05. The first kappa shape index (κ1) is 23.2. The van der Waals surface area contributed by atoms with E-state index in [9.17, 15) is 8.42 Å². The van der Waals surface area contributed by atoms with Gasteiger partial charge in [0.25, 0.3) is 10.0 Å². The fourth-order valence-electron chi connectivity index (χ4n) is 3.25. The lowest BCUT2D eigenvalue weighted by Gasteiger charge is -2.10. The average molecular weight is 480 g/mol. The molecule has 0 spiro atoms. The van der Waals surface area contributed by atoms with E-state index < -0.39 is 10.0 Å². The lowest BCUT2D eigenvalue weighted by molar-refractivity contribution is 0.340. The van der Waals surface area contributed by atoms with Crippen molar-refractivity contribution in [3.63, 3.8) is 0 Å². The van der Waals surface area contributed by atoms with E-state index in [1.807, 2.05) is 27.7 Å². The van der Waals surface area contributed by atoms with E-state index in [1.165, 1.54) is 18.5 Å². The molecule has 4 aromatic rings. The normalized spacial score (nSPS) is 11.3. The minimum atomic E-state index is -3.74. The van der Waals surface area contributed by atoms with Crippen molar-refractivity contribution in [1.82, 2.24) is 19.7 Å². The van der Waals surface area contributed by atoms with E-state index >= 15 is 0 Å². The maximum Gasteiger partial charge on any atom is 0.261 e. The van der Waals surface area contributed by atoms with Crippen LogP contribution in [0.25, 0.3) is 5.82 Å². The number of benzene rings is 2. The molecular weight excluding hydrogens is 454 g/mol. The molecule has 1 N–H and O–H groups in total. The molecule has 2 aromatic heterocycles. The molecule has 0 bridgehead atoms. The summed E-state index contributed by atoms with van der Waals surface area (Å²) >= 11 is 0. The molecule has 2 aromatic carbocycles. The summed E-state index contributed by atoms with van der Waals surface area (Å²) in [7, 11) is -3.74. The molecule has 0 aliphatic rings. The molecule has 0 amide bonds. The molecule has 0 atom stereocenters. The molecule has 2 heterocycles.